The second kappa shape index (κ2) is 10.1. The monoisotopic (exact) mass is 477 g/mol. The Labute approximate surface area is 202 Å². The molecule has 0 aliphatic heterocycles. The van der Waals surface area contributed by atoms with Crippen molar-refractivity contribution >= 4 is 39.9 Å². The Hall–Kier alpha value is -3.56. The van der Waals surface area contributed by atoms with Crippen molar-refractivity contribution in [2.75, 3.05) is 26.1 Å². The largest absolute Gasteiger partial charge is 0.375 e. The van der Waals surface area contributed by atoms with Crippen LogP contribution in [0.2, 0.25) is 0 Å². The minimum absolute atomic E-state index is 0.0824. The lowest BCUT2D eigenvalue weighted by molar-refractivity contribution is -0.119. The van der Waals surface area contributed by atoms with Gasteiger partial charge in [0.25, 0.3) is 5.91 Å². The van der Waals surface area contributed by atoms with E-state index < -0.39 is 0 Å². The molecule has 9 heteroatoms. The molecule has 4 aromatic rings. The standard InChI is InChI=1S/C25H27N5O3S/c1-5-30-23-19(25(32)29(3)16(2)21-9-7-11-34-21)12-18(27-22(31)15-33-4)13-20(23)28-24(30)17-8-6-10-26-14-17/h6-14,16H,5,15H2,1-4H3,(H,27,31)/t16-/m1/s1. The summed E-state index contributed by atoms with van der Waals surface area (Å²) >= 11 is 1.61. The SMILES string of the molecule is CCn1c(-c2cccnc2)nc2cc(NC(=O)COC)cc(C(=O)N(C)[C@H](C)c3cccs3)c21. The molecule has 2 amide bonds. The van der Waals surface area contributed by atoms with Crippen LogP contribution in [0.5, 0.6) is 0 Å². The summed E-state index contributed by atoms with van der Waals surface area (Å²) in [6, 6.07) is 11.2. The minimum atomic E-state index is -0.303. The first-order valence-electron chi connectivity index (χ1n) is 11.0. The van der Waals surface area contributed by atoms with Crippen LogP contribution in [0.4, 0.5) is 5.69 Å². The van der Waals surface area contributed by atoms with Crippen LogP contribution in [0.3, 0.4) is 0 Å². The van der Waals surface area contributed by atoms with Gasteiger partial charge >= 0.3 is 0 Å². The smallest absolute Gasteiger partial charge is 0.256 e. The number of imidazole rings is 1. The van der Waals surface area contributed by atoms with Gasteiger partial charge in [0.05, 0.1) is 22.6 Å². The third kappa shape index (κ3) is 4.57. The maximum atomic E-state index is 13.8. The number of methoxy groups -OCH3 is 1. The Morgan fingerprint density at radius 2 is 2.09 bits per heavy atom. The van der Waals surface area contributed by atoms with Gasteiger partial charge in [-0.25, -0.2) is 4.98 Å². The van der Waals surface area contributed by atoms with E-state index in [1.54, 1.807) is 47.8 Å². The van der Waals surface area contributed by atoms with Gasteiger partial charge in [-0.3, -0.25) is 14.6 Å². The van der Waals surface area contributed by atoms with Crippen molar-refractivity contribution in [2.24, 2.45) is 0 Å². The van der Waals surface area contributed by atoms with Crippen LogP contribution < -0.4 is 5.32 Å². The molecule has 1 aromatic carbocycles. The number of ether oxygens (including phenoxy) is 1. The Kier molecular flexibility index (Phi) is 7.04. The second-order valence-electron chi connectivity index (χ2n) is 7.90. The van der Waals surface area contributed by atoms with Gasteiger partial charge in [-0.2, -0.15) is 0 Å². The average Bonchev–Trinajstić information content (AvgIpc) is 3.51. The fourth-order valence-corrected chi connectivity index (χ4v) is 4.77. The van der Waals surface area contributed by atoms with Crippen molar-refractivity contribution < 1.29 is 14.3 Å². The van der Waals surface area contributed by atoms with Crippen LogP contribution in [0.1, 0.15) is 35.1 Å². The van der Waals surface area contributed by atoms with Crippen LogP contribution in [-0.2, 0) is 16.1 Å². The van der Waals surface area contributed by atoms with Gasteiger partial charge in [-0.1, -0.05) is 6.07 Å². The molecule has 176 valence electrons. The van der Waals surface area contributed by atoms with Gasteiger partial charge in [0, 0.05) is 49.2 Å². The van der Waals surface area contributed by atoms with Gasteiger partial charge in [-0.05, 0) is 49.6 Å². The van der Waals surface area contributed by atoms with E-state index in [9.17, 15) is 9.59 Å². The van der Waals surface area contributed by atoms with E-state index in [1.165, 1.54) is 7.11 Å². The summed E-state index contributed by atoms with van der Waals surface area (Å²) in [5.41, 5.74) is 3.16. The fourth-order valence-electron chi connectivity index (χ4n) is 3.94. The van der Waals surface area contributed by atoms with Crippen molar-refractivity contribution in [3.8, 4) is 11.4 Å². The first kappa shape index (κ1) is 23.6. The van der Waals surface area contributed by atoms with E-state index >= 15 is 0 Å². The number of nitrogens with one attached hydrogen (secondary N) is 1. The molecule has 0 radical (unpaired) electrons. The number of hydrogen-bond acceptors (Lipinski definition) is 6. The number of fused-ring (bicyclic) bond motifs is 1. The first-order chi connectivity index (χ1) is 16.4. The number of nitrogens with zero attached hydrogens (tertiary/aromatic N) is 4. The van der Waals surface area contributed by atoms with Gasteiger partial charge in [0.1, 0.15) is 12.4 Å². The summed E-state index contributed by atoms with van der Waals surface area (Å²) < 4.78 is 6.96. The molecule has 1 atom stereocenters. The number of pyridine rings is 1. The van der Waals surface area contributed by atoms with Crippen molar-refractivity contribution in [3.05, 3.63) is 64.6 Å². The van der Waals surface area contributed by atoms with E-state index in [1.807, 2.05) is 48.1 Å². The summed E-state index contributed by atoms with van der Waals surface area (Å²) in [4.78, 5) is 37.9. The number of benzene rings is 1. The van der Waals surface area contributed by atoms with E-state index in [4.69, 9.17) is 9.72 Å². The number of thiophene rings is 1. The molecule has 3 heterocycles. The molecule has 0 spiro atoms. The highest BCUT2D eigenvalue weighted by Gasteiger charge is 2.25. The van der Waals surface area contributed by atoms with Crippen molar-refractivity contribution in [1.82, 2.24) is 19.4 Å². The summed E-state index contributed by atoms with van der Waals surface area (Å²) in [6.45, 7) is 4.55. The number of carbonyl (C=O) groups excluding carboxylic acids is 2. The van der Waals surface area contributed by atoms with Crippen LogP contribution in [0.25, 0.3) is 22.4 Å². The molecule has 4 rings (SSSR count). The van der Waals surface area contributed by atoms with Crippen molar-refractivity contribution in [2.45, 2.75) is 26.4 Å². The molecule has 3 aromatic heterocycles. The molecule has 34 heavy (non-hydrogen) atoms. The summed E-state index contributed by atoms with van der Waals surface area (Å²) in [7, 11) is 3.26. The van der Waals surface area contributed by atoms with Crippen molar-refractivity contribution in [1.29, 1.82) is 0 Å². The molecule has 0 saturated heterocycles. The maximum absolute atomic E-state index is 13.8. The number of anilines is 1. The predicted molar refractivity (Wildman–Crippen MR) is 134 cm³/mol. The third-order valence-electron chi connectivity index (χ3n) is 5.72. The van der Waals surface area contributed by atoms with E-state index in [-0.39, 0.29) is 24.5 Å². The number of aromatic nitrogens is 3. The zero-order valence-electron chi connectivity index (χ0n) is 19.6. The number of rotatable bonds is 8. The zero-order valence-corrected chi connectivity index (χ0v) is 20.4. The normalized spacial score (nSPS) is 12.0. The topological polar surface area (TPSA) is 89.4 Å². The van der Waals surface area contributed by atoms with Crippen LogP contribution in [0, 0.1) is 0 Å². The zero-order chi connectivity index (χ0) is 24.2. The number of amides is 2. The van der Waals surface area contributed by atoms with Crippen LogP contribution in [0.15, 0.2) is 54.2 Å². The summed E-state index contributed by atoms with van der Waals surface area (Å²) in [5.74, 6) is 0.262. The van der Waals surface area contributed by atoms with E-state index in [2.05, 4.69) is 10.3 Å². The molecule has 0 unspecified atom stereocenters. The Balaban J connectivity index is 1.87. The van der Waals surface area contributed by atoms with Crippen molar-refractivity contribution in [3.63, 3.8) is 0 Å². The third-order valence-corrected chi connectivity index (χ3v) is 6.77. The lowest BCUT2D eigenvalue weighted by atomic mass is 10.1. The van der Waals surface area contributed by atoms with Crippen LogP contribution >= 0.6 is 11.3 Å². The molecule has 0 bridgehead atoms. The molecular formula is C25H27N5O3S. The number of hydrogen-bond donors (Lipinski definition) is 1. The molecule has 0 aliphatic carbocycles. The van der Waals surface area contributed by atoms with Gasteiger partial charge < -0.3 is 19.5 Å². The van der Waals surface area contributed by atoms with E-state index in [0.717, 1.165) is 16.0 Å². The summed E-state index contributed by atoms with van der Waals surface area (Å²) in [6.07, 6.45) is 3.46. The molecule has 0 fully saturated rings. The Morgan fingerprint density at radius 1 is 1.26 bits per heavy atom. The Bertz CT molecular complexity index is 1300. The molecule has 1 N–H and O–H groups in total. The number of carbonyl (C=O) groups is 2. The molecule has 0 aliphatic rings. The quantitative estimate of drug-likeness (QED) is 0.401. The highest BCUT2D eigenvalue weighted by Crippen LogP contribution is 2.32. The fraction of sp³-hybridized carbons (Fsp3) is 0.280. The average molecular weight is 478 g/mol. The lowest BCUT2D eigenvalue weighted by Crippen LogP contribution is -2.30. The maximum Gasteiger partial charge on any atom is 0.256 e. The van der Waals surface area contributed by atoms with Crippen LogP contribution in [-0.4, -0.2) is 52.0 Å². The van der Waals surface area contributed by atoms with Gasteiger partial charge in [0.15, 0.2) is 0 Å². The highest BCUT2D eigenvalue weighted by atomic mass is 32.1. The summed E-state index contributed by atoms with van der Waals surface area (Å²) in [5, 5.41) is 4.82. The highest BCUT2D eigenvalue weighted by molar-refractivity contribution is 7.10. The molecule has 0 saturated carbocycles. The lowest BCUT2D eigenvalue weighted by Gasteiger charge is -2.25. The minimum Gasteiger partial charge on any atom is -0.375 e. The molecular weight excluding hydrogens is 450 g/mol. The Morgan fingerprint density at radius 3 is 2.74 bits per heavy atom. The first-order valence-corrected chi connectivity index (χ1v) is 11.9. The predicted octanol–water partition coefficient (Wildman–Crippen LogP) is 4.60. The molecule has 8 nitrogen and oxygen atoms in total. The van der Waals surface area contributed by atoms with E-state index in [0.29, 0.717) is 29.1 Å². The second-order valence-corrected chi connectivity index (χ2v) is 8.88. The van der Waals surface area contributed by atoms with Gasteiger partial charge in [0.2, 0.25) is 5.91 Å². The van der Waals surface area contributed by atoms with Gasteiger partial charge in [-0.15, -0.1) is 11.3 Å². The number of aryl methyl sites for hydroxylation is 1.